The Balaban J connectivity index is 1.56. The Morgan fingerprint density at radius 2 is 2.47 bits per heavy atom. The van der Waals surface area contributed by atoms with E-state index in [1.165, 1.54) is 17.5 Å². The maximum atomic E-state index is 4.25. The van der Waals surface area contributed by atoms with Crippen molar-refractivity contribution in [3.05, 3.63) is 12.1 Å². The van der Waals surface area contributed by atoms with Gasteiger partial charge in [-0.15, -0.1) is 14.8 Å². The summed E-state index contributed by atoms with van der Waals surface area (Å²) >= 11 is 0. The first kappa shape index (κ1) is 10.4. The largest absolute Gasteiger partial charge is 0.369 e. The average Bonchev–Trinajstić information content (AvgIpc) is 2.98. The quantitative estimate of drug-likeness (QED) is 0.778. The molecular formula is C10H15N7. The number of rotatable bonds is 4. The van der Waals surface area contributed by atoms with Crippen molar-refractivity contribution in [2.24, 2.45) is 0 Å². The van der Waals surface area contributed by atoms with Crippen LogP contribution in [0.2, 0.25) is 0 Å². The molecule has 1 unspecified atom stereocenters. The molecule has 17 heavy (non-hydrogen) atoms. The average molecular weight is 233 g/mol. The summed E-state index contributed by atoms with van der Waals surface area (Å²) in [6.07, 6.45) is 3.69. The second-order valence-electron chi connectivity index (χ2n) is 4.25. The van der Waals surface area contributed by atoms with Crippen LogP contribution in [0.5, 0.6) is 0 Å². The van der Waals surface area contributed by atoms with E-state index in [0.717, 1.165) is 25.3 Å². The van der Waals surface area contributed by atoms with Gasteiger partial charge in [-0.1, -0.05) is 0 Å². The van der Waals surface area contributed by atoms with Crippen LogP contribution in [-0.4, -0.2) is 44.4 Å². The van der Waals surface area contributed by atoms with E-state index in [1.54, 1.807) is 0 Å². The molecule has 7 nitrogen and oxygen atoms in total. The highest BCUT2D eigenvalue weighted by Gasteiger charge is 2.12. The fourth-order valence-corrected chi connectivity index (χ4v) is 2.12. The maximum absolute atomic E-state index is 4.25. The number of nitrogens with one attached hydrogen (secondary N) is 2. The van der Waals surface area contributed by atoms with E-state index in [9.17, 15) is 0 Å². The van der Waals surface area contributed by atoms with Gasteiger partial charge in [0.25, 0.3) is 0 Å². The molecule has 1 aliphatic heterocycles. The summed E-state index contributed by atoms with van der Waals surface area (Å²) in [7, 11) is 0. The first-order valence-corrected chi connectivity index (χ1v) is 5.94. The highest BCUT2D eigenvalue weighted by molar-refractivity contribution is 5.41. The smallest absolute Gasteiger partial charge is 0.200 e. The molecule has 1 aliphatic rings. The van der Waals surface area contributed by atoms with Crippen LogP contribution in [0.25, 0.3) is 5.65 Å². The van der Waals surface area contributed by atoms with Crippen LogP contribution in [-0.2, 0) is 0 Å². The van der Waals surface area contributed by atoms with Gasteiger partial charge in [0.15, 0.2) is 5.65 Å². The highest BCUT2D eigenvalue weighted by atomic mass is 15.6. The fourth-order valence-electron chi connectivity index (χ4n) is 2.12. The van der Waals surface area contributed by atoms with Gasteiger partial charge in [-0.2, -0.15) is 0 Å². The zero-order chi connectivity index (χ0) is 11.5. The first-order valence-electron chi connectivity index (χ1n) is 5.94. The van der Waals surface area contributed by atoms with Crippen LogP contribution in [0.4, 0.5) is 5.82 Å². The van der Waals surface area contributed by atoms with Gasteiger partial charge >= 0.3 is 0 Å². The molecule has 1 saturated heterocycles. The Kier molecular flexibility index (Phi) is 2.83. The lowest BCUT2D eigenvalue weighted by Crippen LogP contribution is -2.24. The van der Waals surface area contributed by atoms with Crippen LogP contribution < -0.4 is 10.6 Å². The molecule has 0 radical (unpaired) electrons. The lowest BCUT2D eigenvalue weighted by Gasteiger charge is -2.10. The van der Waals surface area contributed by atoms with Gasteiger partial charge in [0.2, 0.25) is 0 Å². The van der Waals surface area contributed by atoms with Crippen molar-refractivity contribution in [2.45, 2.75) is 25.3 Å². The molecule has 2 aromatic heterocycles. The summed E-state index contributed by atoms with van der Waals surface area (Å²) in [4.78, 5) is 0. The van der Waals surface area contributed by atoms with E-state index in [0.29, 0.717) is 11.7 Å². The van der Waals surface area contributed by atoms with E-state index in [-0.39, 0.29) is 0 Å². The SMILES string of the molecule is c1cc2nnnn2nc1NCCC1CCCN1. The predicted octanol–water partition coefficient (Wildman–Crippen LogP) is 0.0733. The molecule has 0 aromatic carbocycles. The molecule has 1 fully saturated rings. The molecule has 0 spiro atoms. The van der Waals surface area contributed by atoms with Gasteiger partial charge in [-0.05, 0) is 48.4 Å². The normalized spacial score (nSPS) is 19.9. The van der Waals surface area contributed by atoms with Gasteiger partial charge in [0, 0.05) is 12.6 Å². The van der Waals surface area contributed by atoms with Crippen LogP contribution in [0.1, 0.15) is 19.3 Å². The number of fused-ring (bicyclic) bond motifs is 1. The standard InChI is InChI=1S/C10H15N7/c1-2-8(11-6-1)5-7-12-9-3-4-10-13-15-16-17(10)14-9/h3-4,8,11H,1-2,5-7H2,(H,12,14). The Bertz CT molecular complexity index is 488. The minimum absolute atomic E-state index is 0.652. The Morgan fingerprint density at radius 1 is 1.47 bits per heavy atom. The van der Waals surface area contributed by atoms with Gasteiger partial charge in [-0.25, -0.2) is 0 Å². The zero-order valence-corrected chi connectivity index (χ0v) is 9.50. The number of hydrogen-bond donors (Lipinski definition) is 2. The topological polar surface area (TPSA) is 80.0 Å². The maximum Gasteiger partial charge on any atom is 0.200 e. The summed E-state index contributed by atoms with van der Waals surface area (Å²) in [5, 5.41) is 22.1. The fraction of sp³-hybridized carbons (Fsp3) is 0.600. The number of anilines is 1. The Labute approximate surface area is 98.6 Å². The monoisotopic (exact) mass is 233 g/mol. The van der Waals surface area contributed by atoms with Crippen LogP contribution in [0.3, 0.4) is 0 Å². The van der Waals surface area contributed by atoms with Gasteiger partial charge < -0.3 is 10.6 Å². The molecule has 0 amide bonds. The lowest BCUT2D eigenvalue weighted by molar-refractivity contribution is 0.573. The molecule has 2 N–H and O–H groups in total. The third kappa shape index (κ3) is 2.33. The summed E-state index contributed by atoms with van der Waals surface area (Å²) in [6, 6.07) is 4.40. The van der Waals surface area contributed by atoms with Crippen molar-refractivity contribution in [3.63, 3.8) is 0 Å². The van der Waals surface area contributed by atoms with E-state index in [2.05, 4.69) is 31.3 Å². The number of hydrogen-bond acceptors (Lipinski definition) is 6. The lowest BCUT2D eigenvalue weighted by atomic mass is 10.1. The Morgan fingerprint density at radius 3 is 3.35 bits per heavy atom. The van der Waals surface area contributed by atoms with Crippen molar-refractivity contribution in [2.75, 3.05) is 18.4 Å². The predicted molar refractivity (Wildman–Crippen MR) is 62.7 cm³/mol. The van der Waals surface area contributed by atoms with Crippen molar-refractivity contribution < 1.29 is 0 Å². The molecule has 3 rings (SSSR count). The number of tetrazole rings is 1. The minimum atomic E-state index is 0.652. The molecule has 7 heteroatoms. The van der Waals surface area contributed by atoms with Crippen molar-refractivity contribution >= 4 is 11.5 Å². The molecule has 1 atom stereocenters. The van der Waals surface area contributed by atoms with Crippen LogP contribution in [0.15, 0.2) is 12.1 Å². The zero-order valence-electron chi connectivity index (χ0n) is 9.50. The highest BCUT2D eigenvalue weighted by Crippen LogP contribution is 2.09. The van der Waals surface area contributed by atoms with Gasteiger partial charge in [0.1, 0.15) is 5.82 Å². The third-order valence-electron chi connectivity index (χ3n) is 3.03. The van der Waals surface area contributed by atoms with Gasteiger partial charge in [0.05, 0.1) is 0 Å². The molecule has 90 valence electrons. The molecule has 0 saturated carbocycles. The second-order valence-corrected chi connectivity index (χ2v) is 4.25. The minimum Gasteiger partial charge on any atom is -0.369 e. The van der Waals surface area contributed by atoms with Crippen LogP contribution in [0, 0.1) is 0 Å². The summed E-state index contributed by atoms with van der Waals surface area (Å²) in [5.74, 6) is 0.808. The van der Waals surface area contributed by atoms with E-state index in [4.69, 9.17) is 0 Å². The van der Waals surface area contributed by atoms with Crippen LogP contribution >= 0.6 is 0 Å². The van der Waals surface area contributed by atoms with E-state index in [1.807, 2.05) is 12.1 Å². The molecule has 0 aliphatic carbocycles. The molecule has 3 heterocycles. The van der Waals surface area contributed by atoms with E-state index < -0.39 is 0 Å². The summed E-state index contributed by atoms with van der Waals surface area (Å²) in [6.45, 7) is 2.07. The van der Waals surface area contributed by atoms with Crippen molar-refractivity contribution in [1.82, 2.24) is 30.6 Å². The number of aromatic nitrogens is 5. The Hall–Kier alpha value is -1.76. The van der Waals surface area contributed by atoms with E-state index >= 15 is 0 Å². The molecular weight excluding hydrogens is 218 g/mol. The van der Waals surface area contributed by atoms with Crippen molar-refractivity contribution in [1.29, 1.82) is 0 Å². The second kappa shape index (κ2) is 4.62. The summed E-state index contributed by atoms with van der Waals surface area (Å²) < 4.78 is 1.43. The molecule has 0 bridgehead atoms. The third-order valence-corrected chi connectivity index (χ3v) is 3.03. The summed E-state index contributed by atoms with van der Waals surface area (Å²) in [5.41, 5.74) is 0.660. The van der Waals surface area contributed by atoms with Gasteiger partial charge in [-0.3, -0.25) is 0 Å². The first-order chi connectivity index (χ1) is 8.42. The molecule has 2 aromatic rings. The number of nitrogens with zero attached hydrogens (tertiary/aromatic N) is 5. The van der Waals surface area contributed by atoms with Crippen molar-refractivity contribution in [3.8, 4) is 0 Å².